The van der Waals surface area contributed by atoms with Crippen molar-refractivity contribution in [3.8, 4) is 0 Å². The molecule has 120 valence electrons. The first kappa shape index (κ1) is 16.0. The van der Waals surface area contributed by atoms with Crippen molar-refractivity contribution in [1.29, 1.82) is 0 Å². The normalized spacial score (nSPS) is 10.9. The summed E-state index contributed by atoms with van der Waals surface area (Å²) in [7, 11) is 0. The lowest BCUT2D eigenvalue weighted by Gasteiger charge is -2.18. The van der Waals surface area contributed by atoms with E-state index in [9.17, 15) is 9.18 Å². The molecule has 0 N–H and O–H groups in total. The molecule has 0 bridgehead atoms. The maximum atomic E-state index is 13.2. The Morgan fingerprint density at radius 2 is 2.04 bits per heavy atom. The lowest BCUT2D eigenvalue weighted by atomic mass is 10.2. The highest BCUT2D eigenvalue weighted by atomic mass is 32.1. The van der Waals surface area contributed by atoms with Gasteiger partial charge in [0.25, 0.3) is 5.91 Å². The van der Waals surface area contributed by atoms with Crippen LogP contribution in [0.25, 0.3) is 6.08 Å². The first-order valence-corrected chi connectivity index (χ1v) is 8.11. The van der Waals surface area contributed by atoms with Gasteiger partial charge < -0.3 is 0 Å². The Kier molecular flexibility index (Phi) is 4.77. The van der Waals surface area contributed by atoms with Gasteiger partial charge in [-0.2, -0.15) is 0 Å². The first-order valence-electron chi connectivity index (χ1n) is 7.23. The number of thiazole rings is 1. The molecule has 0 fully saturated rings. The number of hydrogen-bond donors (Lipinski definition) is 0. The van der Waals surface area contributed by atoms with Crippen LogP contribution in [0.2, 0.25) is 0 Å². The maximum absolute atomic E-state index is 13.2. The Hall–Kier alpha value is -2.86. The van der Waals surface area contributed by atoms with Crippen LogP contribution < -0.4 is 4.90 Å². The molecule has 0 atom stereocenters. The molecule has 0 spiro atoms. The largest absolute Gasteiger partial charge is 0.269 e. The molecule has 0 unspecified atom stereocenters. The summed E-state index contributed by atoms with van der Waals surface area (Å²) in [5, 5.41) is 2.48. The van der Waals surface area contributed by atoms with Gasteiger partial charge in [-0.1, -0.05) is 18.2 Å². The van der Waals surface area contributed by atoms with Gasteiger partial charge in [0.1, 0.15) is 5.82 Å². The quantitative estimate of drug-likeness (QED) is 0.663. The number of para-hydroxylation sites is 1. The standard InChI is InChI=1S/C18H14FN3OS/c1-13-12-24-18(21-13)22(16-5-3-2-4-6-16)17(23)8-7-14-9-15(19)11-20-10-14/h2-12H,1H3. The van der Waals surface area contributed by atoms with Crippen molar-refractivity contribution in [3.63, 3.8) is 0 Å². The number of carbonyl (C=O) groups excluding carboxylic acids is 1. The topological polar surface area (TPSA) is 46.1 Å². The molecule has 2 heterocycles. The van der Waals surface area contributed by atoms with Crippen LogP contribution in [0.1, 0.15) is 11.3 Å². The minimum atomic E-state index is -0.444. The Bertz CT molecular complexity index is 877. The zero-order valence-electron chi connectivity index (χ0n) is 12.9. The summed E-state index contributed by atoms with van der Waals surface area (Å²) in [6, 6.07) is 10.6. The first-order chi connectivity index (χ1) is 11.6. The van der Waals surface area contributed by atoms with Crippen LogP contribution in [0.3, 0.4) is 0 Å². The highest BCUT2D eigenvalue weighted by Crippen LogP contribution is 2.28. The van der Waals surface area contributed by atoms with Gasteiger partial charge in [-0.3, -0.25) is 14.7 Å². The van der Waals surface area contributed by atoms with E-state index in [-0.39, 0.29) is 5.91 Å². The molecular weight excluding hydrogens is 325 g/mol. The average molecular weight is 339 g/mol. The van der Waals surface area contributed by atoms with Crippen LogP contribution >= 0.6 is 11.3 Å². The Labute approximate surface area is 142 Å². The molecule has 0 aliphatic carbocycles. The molecule has 24 heavy (non-hydrogen) atoms. The smallest absolute Gasteiger partial charge is 0.257 e. The van der Waals surface area contributed by atoms with Crippen LogP contribution in [0.15, 0.2) is 60.2 Å². The number of carbonyl (C=O) groups is 1. The highest BCUT2D eigenvalue weighted by Gasteiger charge is 2.18. The fraction of sp³-hybridized carbons (Fsp3) is 0.0556. The summed E-state index contributed by atoms with van der Waals surface area (Å²) in [6.45, 7) is 1.88. The molecule has 0 saturated heterocycles. The molecule has 1 amide bonds. The van der Waals surface area contributed by atoms with Crippen LogP contribution in [0.4, 0.5) is 15.2 Å². The van der Waals surface area contributed by atoms with E-state index in [4.69, 9.17) is 0 Å². The lowest BCUT2D eigenvalue weighted by molar-refractivity contribution is -0.113. The number of nitrogens with zero attached hydrogens (tertiary/aromatic N) is 3. The molecular formula is C18H14FN3OS. The van der Waals surface area contributed by atoms with Gasteiger partial charge >= 0.3 is 0 Å². The third-order valence-corrected chi connectivity index (χ3v) is 4.12. The number of aryl methyl sites for hydroxylation is 1. The molecule has 6 heteroatoms. The minimum absolute atomic E-state index is 0.264. The van der Waals surface area contributed by atoms with E-state index >= 15 is 0 Å². The zero-order valence-corrected chi connectivity index (χ0v) is 13.7. The third kappa shape index (κ3) is 3.72. The van der Waals surface area contributed by atoms with Crippen molar-refractivity contribution in [2.75, 3.05) is 4.90 Å². The molecule has 2 aromatic heterocycles. The van der Waals surface area contributed by atoms with Crippen LogP contribution in [0.5, 0.6) is 0 Å². The predicted molar refractivity (Wildman–Crippen MR) is 93.7 cm³/mol. The van der Waals surface area contributed by atoms with Crippen molar-refractivity contribution >= 4 is 34.1 Å². The minimum Gasteiger partial charge on any atom is -0.269 e. The van der Waals surface area contributed by atoms with E-state index < -0.39 is 5.82 Å². The number of anilines is 2. The molecule has 3 rings (SSSR count). The second-order valence-corrected chi connectivity index (χ2v) is 5.89. The summed E-state index contributed by atoms with van der Waals surface area (Å²) in [5.41, 5.74) is 2.09. The van der Waals surface area contributed by atoms with Crippen molar-refractivity contribution in [2.24, 2.45) is 0 Å². The fourth-order valence-electron chi connectivity index (χ4n) is 2.11. The molecule has 0 saturated carbocycles. The zero-order chi connectivity index (χ0) is 16.9. The monoisotopic (exact) mass is 339 g/mol. The molecule has 1 aromatic carbocycles. The molecule has 0 radical (unpaired) electrons. The van der Waals surface area contributed by atoms with Crippen molar-refractivity contribution < 1.29 is 9.18 Å². The fourth-order valence-corrected chi connectivity index (χ4v) is 2.94. The van der Waals surface area contributed by atoms with Crippen LogP contribution in [-0.4, -0.2) is 15.9 Å². The number of pyridine rings is 1. The van der Waals surface area contributed by atoms with E-state index in [1.165, 1.54) is 40.7 Å². The Balaban J connectivity index is 1.92. The van der Waals surface area contributed by atoms with E-state index in [1.54, 1.807) is 0 Å². The summed E-state index contributed by atoms with van der Waals surface area (Å²) in [5.74, 6) is -0.708. The summed E-state index contributed by atoms with van der Waals surface area (Å²) < 4.78 is 13.2. The van der Waals surface area contributed by atoms with Gasteiger partial charge in [0.05, 0.1) is 17.6 Å². The molecule has 0 aliphatic rings. The average Bonchev–Trinajstić information content (AvgIpc) is 3.00. The van der Waals surface area contributed by atoms with Gasteiger partial charge in [0, 0.05) is 17.7 Å². The highest BCUT2D eigenvalue weighted by molar-refractivity contribution is 7.14. The number of aromatic nitrogens is 2. The Morgan fingerprint density at radius 1 is 1.25 bits per heavy atom. The second-order valence-electron chi connectivity index (χ2n) is 5.05. The lowest BCUT2D eigenvalue weighted by Crippen LogP contribution is -2.23. The number of benzene rings is 1. The van der Waals surface area contributed by atoms with E-state index in [0.29, 0.717) is 10.7 Å². The number of hydrogen-bond acceptors (Lipinski definition) is 4. The predicted octanol–water partition coefficient (Wildman–Crippen LogP) is 4.36. The number of rotatable bonds is 4. The van der Waals surface area contributed by atoms with E-state index in [0.717, 1.165) is 17.6 Å². The van der Waals surface area contributed by atoms with Crippen LogP contribution in [0, 0.1) is 12.7 Å². The van der Waals surface area contributed by atoms with Crippen molar-refractivity contribution in [1.82, 2.24) is 9.97 Å². The van der Waals surface area contributed by atoms with E-state index in [1.807, 2.05) is 42.6 Å². The number of amides is 1. The van der Waals surface area contributed by atoms with Crippen molar-refractivity contribution in [3.05, 3.63) is 77.3 Å². The van der Waals surface area contributed by atoms with Gasteiger partial charge in [-0.15, -0.1) is 11.3 Å². The van der Waals surface area contributed by atoms with Crippen LogP contribution in [-0.2, 0) is 4.79 Å². The van der Waals surface area contributed by atoms with Gasteiger partial charge in [-0.25, -0.2) is 9.37 Å². The summed E-state index contributed by atoms with van der Waals surface area (Å²) >= 11 is 1.39. The maximum Gasteiger partial charge on any atom is 0.257 e. The van der Waals surface area contributed by atoms with E-state index in [2.05, 4.69) is 9.97 Å². The van der Waals surface area contributed by atoms with Gasteiger partial charge in [0.2, 0.25) is 0 Å². The van der Waals surface area contributed by atoms with Gasteiger partial charge in [-0.05, 0) is 36.8 Å². The Morgan fingerprint density at radius 3 is 2.71 bits per heavy atom. The second kappa shape index (κ2) is 7.14. The third-order valence-electron chi connectivity index (χ3n) is 3.18. The summed E-state index contributed by atoms with van der Waals surface area (Å²) in [6.07, 6.45) is 5.54. The molecule has 0 aliphatic heterocycles. The molecule has 4 nitrogen and oxygen atoms in total. The van der Waals surface area contributed by atoms with Crippen molar-refractivity contribution in [2.45, 2.75) is 6.92 Å². The SMILES string of the molecule is Cc1csc(N(C(=O)C=Cc2cncc(F)c2)c2ccccc2)n1. The summed E-state index contributed by atoms with van der Waals surface area (Å²) in [4.78, 5) is 22.4. The number of halogens is 1. The molecule has 3 aromatic rings. The van der Waals surface area contributed by atoms with Gasteiger partial charge in [0.15, 0.2) is 5.13 Å².